The Kier molecular flexibility index (Phi) is 14.1. The lowest BCUT2D eigenvalue weighted by Crippen LogP contribution is -2.21. The Bertz CT molecular complexity index is 2040. The molecule has 0 aliphatic heterocycles. The fourth-order valence-corrected chi connectivity index (χ4v) is 4.33. The van der Waals surface area contributed by atoms with Gasteiger partial charge in [-0.25, -0.2) is 23.9 Å². The number of nitrogens with one attached hydrogen (secondary N) is 2. The first-order valence-corrected chi connectivity index (χ1v) is 15.2. The van der Waals surface area contributed by atoms with Crippen molar-refractivity contribution >= 4 is 58.7 Å². The first-order valence-electron chi connectivity index (χ1n) is 14.8. The van der Waals surface area contributed by atoms with E-state index in [9.17, 15) is 33.8 Å². The smallest absolute Gasteiger partial charge is 0.337 e. The zero-order chi connectivity index (χ0) is 38.4. The third-order valence-electron chi connectivity index (χ3n) is 6.75. The maximum atomic E-state index is 14.3. The van der Waals surface area contributed by atoms with Crippen molar-refractivity contribution in [1.29, 1.82) is 0 Å². The number of anilines is 2. The molecule has 4 rings (SSSR count). The second kappa shape index (κ2) is 18.6. The third kappa shape index (κ3) is 11.0. The van der Waals surface area contributed by atoms with Gasteiger partial charge in [0.25, 0.3) is 5.91 Å². The molecule has 272 valence electrons. The molecule has 0 saturated carbocycles. The normalized spacial score (nSPS) is 12.0. The lowest BCUT2D eigenvalue weighted by atomic mass is 10.1. The number of aromatic carboxylic acids is 2. The van der Waals surface area contributed by atoms with Crippen LogP contribution >= 0.6 is 11.6 Å². The topological polar surface area (TPSA) is 282 Å². The molecule has 0 atom stereocenters. The molecule has 0 bridgehead atoms. The van der Waals surface area contributed by atoms with Gasteiger partial charge in [-0.15, -0.1) is 0 Å². The van der Waals surface area contributed by atoms with E-state index in [2.05, 4.69) is 20.6 Å². The molecule has 2 heterocycles. The number of ether oxygens (including phenoxy) is 1. The maximum Gasteiger partial charge on any atom is 0.337 e. The largest absolute Gasteiger partial charge is 0.490 e. The van der Waals surface area contributed by atoms with E-state index in [0.717, 1.165) is 6.07 Å². The number of amides is 1. The molecule has 0 fully saturated rings. The summed E-state index contributed by atoms with van der Waals surface area (Å²) in [6, 6.07) is 4.54. The highest BCUT2D eigenvalue weighted by molar-refractivity contribution is 6.32. The molecule has 2 aromatic heterocycles. The number of carbonyl (C=O) groups excluding carboxylic acids is 2. The van der Waals surface area contributed by atoms with Gasteiger partial charge >= 0.3 is 11.9 Å². The van der Waals surface area contributed by atoms with Gasteiger partial charge in [-0.1, -0.05) is 11.6 Å². The van der Waals surface area contributed by atoms with Crippen LogP contribution in [-0.4, -0.2) is 67.1 Å². The number of carboxylic acid groups (broad SMARTS) is 2. The molecule has 2 aromatic carbocycles. The molecule has 12 N–H and O–H groups in total. The van der Waals surface area contributed by atoms with Crippen LogP contribution in [0.15, 0.2) is 97.4 Å². The Morgan fingerprint density at radius 1 is 0.885 bits per heavy atom. The van der Waals surface area contributed by atoms with Crippen LogP contribution < -0.4 is 38.3 Å². The summed E-state index contributed by atoms with van der Waals surface area (Å²) in [7, 11) is 1.48. The van der Waals surface area contributed by atoms with Gasteiger partial charge in [0.1, 0.15) is 24.3 Å². The SMILES string of the molecule is CNc1cc(OCCc2cc(C(=O)O)c(NC(=O)/C(N)=C/C=C(\N)n3ccnc3)cc2Cl)c(F)cc1C(=O)O.N/C(C=O)=C\C=C(/N)n1ccnc1. The quantitative estimate of drug-likeness (QED) is 0.0525. The molecule has 1 amide bonds. The number of aldehydes is 1. The average Bonchev–Trinajstić information content (AvgIpc) is 3.86. The molecule has 0 radical (unpaired) electrons. The van der Waals surface area contributed by atoms with Crippen LogP contribution in [0.25, 0.3) is 11.6 Å². The Morgan fingerprint density at radius 3 is 1.98 bits per heavy atom. The van der Waals surface area contributed by atoms with E-state index in [0.29, 0.717) is 17.7 Å². The molecule has 17 nitrogen and oxygen atoms in total. The van der Waals surface area contributed by atoms with Crippen molar-refractivity contribution in [2.45, 2.75) is 6.42 Å². The number of carboxylic acids is 2. The number of hydrogen-bond acceptors (Lipinski definition) is 12. The van der Waals surface area contributed by atoms with Crippen molar-refractivity contribution in [2.24, 2.45) is 22.9 Å². The molecule has 19 heteroatoms. The highest BCUT2D eigenvalue weighted by Crippen LogP contribution is 2.29. The zero-order valence-corrected chi connectivity index (χ0v) is 28.1. The van der Waals surface area contributed by atoms with E-state index in [1.807, 2.05) is 0 Å². The molecule has 0 aliphatic carbocycles. The fraction of sp³-hybridized carbons (Fsp3) is 0.0909. The summed E-state index contributed by atoms with van der Waals surface area (Å²) < 4.78 is 22.9. The molecule has 4 aromatic rings. The molecule has 0 aliphatic rings. The van der Waals surface area contributed by atoms with Crippen molar-refractivity contribution in [3.05, 3.63) is 125 Å². The van der Waals surface area contributed by atoms with E-state index in [1.54, 1.807) is 29.5 Å². The van der Waals surface area contributed by atoms with E-state index in [1.165, 1.54) is 66.6 Å². The van der Waals surface area contributed by atoms with Gasteiger partial charge in [0, 0.05) is 49.3 Å². The number of aromatic nitrogens is 4. The molecule has 0 spiro atoms. The predicted molar refractivity (Wildman–Crippen MR) is 191 cm³/mol. The third-order valence-corrected chi connectivity index (χ3v) is 7.10. The number of allylic oxidation sites excluding steroid dienone is 5. The molecular weight excluding hydrogens is 703 g/mol. The molecular formula is C33H34ClFN10O7. The van der Waals surface area contributed by atoms with Gasteiger partial charge in [0.05, 0.1) is 40.5 Å². The number of carbonyl (C=O) groups is 4. The number of benzene rings is 2. The Morgan fingerprint density at radius 2 is 1.46 bits per heavy atom. The van der Waals surface area contributed by atoms with E-state index < -0.39 is 23.7 Å². The summed E-state index contributed by atoms with van der Waals surface area (Å²) in [5.74, 6) is -3.84. The van der Waals surface area contributed by atoms with Crippen LogP contribution in [0.4, 0.5) is 15.8 Å². The van der Waals surface area contributed by atoms with Crippen LogP contribution in [-0.2, 0) is 16.0 Å². The van der Waals surface area contributed by atoms with Gasteiger partial charge in [-0.2, -0.15) is 0 Å². The van der Waals surface area contributed by atoms with Crippen molar-refractivity contribution in [2.75, 3.05) is 24.3 Å². The minimum Gasteiger partial charge on any atom is -0.490 e. The molecule has 52 heavy (non-hydrogen) atoms. The summed E-state index contributed by atoms with van der Waals surface area (Å²) in [5.41, 5.74) is 22.3. The summed E-state index contributed by atoms with van der Waals surface area (Å²) in [5, 5.41) is 24.0. The predicted octanol–water partition coefficient (Wildman–Crippen LogP) is 2.66. The van der Waals surface area contributed by atoms with Gasteiger partial charge in [-0.3, -0.25) is 18.7 Å². The van der Waals surface area contributed by atoms with Crippen molar-refractivity contribution in [1.82, 2.24) is 19.1 Å². The summed E-state index contributed by atoms with van der Waals surface area (Å²) in [6.45, 7) is -0.114. The highest BCUT2D eigenvalue weighted by Gasteiger charge is 2.19. The van der Waals surface area contributed by atoms with Crippen LogP contribution in [0.1, 0.15) is 26.3 Å². The zero-order valence-electron chi connectivity index (χ0n) is 27.4. The number of imidazole rings is 2. The number of nitrogens with two attached hydrogens (primary N) is 4. The number of rotatable bonds is 14. The van der Waals surface area contributed by atoms with Gasteiger partial charge in [-0.05, 0) is 48.1 Å². The summed E-state index contributed by atoms with van der Waals surface area (Å²) in [6.07, 6.45) is 15.6. The first kappa shape index (κ1) is 39.4. The molecule has 0 unspecified atom stereocenters. The Hall–Kier alpha value is -7.08. The Balaban J connectivity index is 0.000000471. The van der Waals surface area contributed by atoms with Crippen LogP contribution in [0, 0.1) is 5.82 Å². The minimum absolute atomic E-state index is 0.0721. The number of nitrogens with zero attached hydrogens (tertiary/aromatic N) is 4. The van der Waals surface area contributed by atoms with Gasteiger partial charge in [0.2, 0.25) is 0 Å². The fourth-order valence-electron chi connectivity index (χ4n) is 4.07. The summed E-state index contributed by atoms with van der Waals surface area (Å²) in [4.78, 5) is 53.4. The van der Waals surface area contributed by atoms with Crippen molar-refractivity contribution in [3.8, 4) is 5.75 Å². The summed E-state index contributed by atoms with van der Waals surface area (Å²) >= 11 is 6.32. The van der Waals surface area contributed by atoms with Crippen molar-refractivity contribution in [3.63, 3.8) is 0 Å². The second-order valence-electron chi connectivity index (χ2n) is 10.3. The first-order chi connectivity index (χ1) is 24.7. The van der Waals surface area contributed by atoms with Gasteiger partial charge < -0.3 is 48.5 Å². The highest BCUT2D eigenvalue weighted by atomic mass is 35.5. The minimum atomic E-state index is -1.34. The Labute approximate surface area is 300 Å². The monoisotopic (exact) mass is 736 g/mol. The van der Waals surface area contributed by atoms with Crippen LogP contribution in [0.5, 0.6) is 5.75 Å². The molecule has 0 saturated heterocycles. The number of hydrogen-bond donors (Lipinski definition) is 8. The lowest BCUT2D eigenvalue weighted by Gasteiger charge is -2.14. The standard InChI is InChI=1S/C25H24ClFN6O6.C8H10N4O/c1-30-19-11-21(17(27)9-15(19)25(37)38)39-7-4-13-8-14(24(35)36)20(10-16(13)26)32-23(34)18(28)2-3-22(29)33-6-5-31-12-33;9-7(5-13)1-2-8(10)12-4-3-11-6-12/h2-3,5-6,8-12,30H,4,7,28-29H2,1H3,(H,32,34)(H,35,36)(H,37,38);1-6H,9-10H2/b18-2-,22-3+;7-1-,8-2+. The van der Waals surface area contributed by atoms with E-state index in [-0.39, 0.29) is 63.5 Å². The van der Waals surface area contributed by atoms with Crippen molar-refractivity contribution < 1.29 is 38.5 Å². The van der Waals surface area contributed by atoms with Crippen LogP contribution in [0.2, 0.25) is 5.02 Å². The number of halogens is 2. The van der Waals surface area contributed by atoms with Gasteiger partial charge in [0.15, 0.2) is 17.9 Å². The lowest BCUT2D eigenvalue weighted by molar-refractivity contribution is -0.113. The second-order valence-corrected chi connectivity index (χ2v) is 10.7. The van der Waals surface area contributed by atoms with Crippen LogP contribution in [0.3, 0.4) is 0 Å². The van der Waals surface area contributed by atoms with E-state index in [4.69, 9.17) is 39.3 Å². The average molecular weight is 737 g/mol. The van der Waals surface area contributed by atoms with E-state index >= 15 is 0 Å². The maximum absolute atomic E-state index is 14.3.